The lowest BCUT2D eigenvalue weighted by molar-refractivity contribution is 0.143. The zero-order valence-corrected chi connectivity index (χ0v) is 15.7. The molecule has 2 aromatic rings. The molecular weight excluding hydrogens is 324 g/mol. The molecule has 0 saturated carbocycles. The fraction of sp³-hybridized carbons (Fsp3) is 0.381. The first kappa shape index (κ1) is 18.3. The van der Waals surface area contributed by atoms with E-state index in [2.05, 4.69) is 52.4 Å². The molecule has 2 amide bonds. The number of amides is 2. The zero-order valence-electron chi connectivity index (χ0n) is 15.7. The van der Waals surface area contributed by atoms with Gasteiger partial charge in [0.15, 0.2) is 0 Å². The summed E-state index contributed by atoms with van der Waals surface area (Å²) in [6.07, 6.45) is 0. The summed E-state index contributed by atoms with van der Waals surface area (Å²) in [4.78, 5) is 19.0. The molecule has 1 N–H and O–H groups in total. The zero-order chi connectivity index (χ0) is 18.4. The predicted octanol–water partition coefficient (Wildman–Crippen LogP) is 3.49. The Bertz CT molecular complexity index is 711. The second kappa shape index (κ2) is 8.72. The van der Waals surface area contributed by atoms with Gasteiger partial charge in [-0.3, -0.25) is 4.90 Å². The average molecular weight is 352 g/mol. The van der Waals surface area contributed by atoms with Crippen LogP contribution < -0.4 is 10.2 Å². The molecule has 5 nitrogen and oxygen atoms in total. The van der Waals surface area contributed by atoms with Crippen molar-refractivity contribution in [2.75, 3.05) is 50.0 Å². The Hall–Kier alpha value is -2.53. The third-order valence-corrected chi connectivity index (χ3v) is 4.92. The fourth-order valence-electron chi connectivity index (χ4n) is 3.16. The Balaban J connectivity index is 1.51. The highest BCUT2D eigenvalue weighted by Crippen LogP contribution is 2.19. The monoisotopic (exact) mass is 352 g/mol. The quantitative estimate of drug-likeness (QED) is 0.895. The van der Waals surface area contributed by atoms with E-state index >= 15 is 0 Å². The van der Waals surface area contributed by atoms with Gasteiger partial charge in [0, 0.05) is 57.7 Å². The maximum absolute atomic E-state index is 12.6. The number of nitrogens with one attached hydrogen (secondary N) is 1. The molecule has 1 fully saturated rings. The summed E-state index contributed by atoms with van der Waals surface area (Å²) >= 11 is 0. The summed E-state index contributed by atoms with van der Waals surface area (Å²) in [5, 5.41) is 3.04. The summed E-state index contributed by atoms with van der Waals surface area (Å²) in [7, 11) is 2.05. The summed E-state index contributed by atoms with van der Waals surface area (Å²) in [5.74, 6) is 0. The van der Waals surface area contributed by atoms with E-state index in [9.17, 15) is 4.79 Å². The van der Waals surface area contributed by atoms with Crippen LogP contribution >= 0.6 is 0 Å². The molecule has 0 aromatic heterocycles. The second-order valence-corrected chi connectivity index (χ2v) is 6.74. The summed E-state index contributed by atoms with van der Waals surface area (Å²) in [6.45, 7) is 7.31. The highest BCUT2D eigenvalue weighted by Gasteiger charge is 2.21. The Morgan fingerprint density at radius 1 is 1.04 bits per heavy atom. The van der Waals surface area contributed by atoms with Gasteiger partial charge in [0.1, 0.15) is 0 Å². The average Bonchev–Trinajstić information content (AvgIpc) is 2.69. The number of hydrogen-bond acceptors (Lipinski definition) is 3. The van der Waals surface area contributed by atoms with Crippen molar-refractivity contribution in [1.82, 2.24) is 9.80 Å². The summed E-state index contributed by atoms with van der Waals surface area (Å²) < 4.78 is 0. The topological polar surface area (TPSA) is 38.8 Å². The third-order valence-electron chi connectivity index (χ3n) is 4.92. The van der Waals surface area contributed by atoms with Crippen LogP contribution in [0.2, 0.25) is 0 Å². The number of nitrogens with zero attached hydrogens (tertiary/aromatic N) is 3. The number of urea groups is 1. The van der Waals surface area contributed by atoms with Crippen molar-refractivity contribution in [2.45, 2.75) is 13.5 Å². The molecular formula is C21H28N4O. The SMILES string of the molecule is CCN(C)c1cccc(NC(=O)N2CCN(Cc3ccccc3)CC2)c1. The molecule has 0 spiro atoms. The largest absolute Gasteiger partial charge is 0.375 e. The van der Waals surface area contributed by atoms with E-state index in [-0.39, 0.29) is 6.03 Å². The predicted molar refractivity (Wildman–Crippen MR) is 108 cm³/mol. The van der Waals surface area contributed by atoms with Crippen molar-refractivity contribution < 1.29 is 4.79 Å². The fourth-order valence-corrected chi connectivity index (χ4v) is 3.16. The molecule has 1 aliphatic heterocycles. The van der Waals surface area contributed by atoms with Gasteiger partial charge in [-0.2, -0.15) is 0 Å². The molecule has 1 aliphatic rings. The Kier molecular flexibility index (Phi) is 6.12. The molecule has 1 heterocycles. The van der Waals surface area contributed by atoms with Gasteiger partial charge in [0.2, 0.25) is 0 Å². The number of carbonyl (C=O) groups excluding carboxylic acids is 1. The van der Waals surface area contributed by atoms with Crippen LogP contribution in [-0.2, 0) is 6.54 Å². The van der Waals surface area contributed by atoms with E-state index in [1.54, 1.807) is 0 Å². The molecule has 26 heavy (non-hydrogen) atoms. The number of rotatable bonds is 5. The minimum absolute atomic E-state index is 0.0133. The van der Waals surface area contributed by atoms with Crippen LogP contribution in [0.4, 0.5) is 16.2 Å². The smallest absolute Gasteiger partial charge is 0.321 e. The highest BCUT2D eigenvalue weighted by atomic mass is 16.2. The molecule has 3 rings (SSSR count). The van der Waals surface area contributed by atoms with E-state index in [1.807, 2.05) is 36.2 Å². The van der Waals surface area contributed by atoms with Crippen LogP contribution in [0.5, 0.6) is 0 Å². The van der Waals surface area contributed by atoms with Crippen molar-refractivity contribution in [2.24, 2.45) is 0 Å². The number of piperazine rings is 1. The van der Waals surface area contributed by atoms with E-state index in [1.165, 1.54) is 5.56 Å². The van der Waals surface area contributed by atoms with Gasteiger partial charge in [-0.05, 0) is 30.7 Å². The molecule has 0 unspecified atom stereocenters. The number of anilines is 2. The van der Waals surface area contributed by atoms with Crippen LogP contribution in [0.3, 0.4) is 0 Å². The normalized spacial score (nSPS) is 14.9. The summed E-state index contributed by atoms with van der Waals surface area (Å²) in [6, 6.07) is 18.5. The lowest BCUT2D eigenvalue weighted by Crippen LogP contribution is -2.49. The van der Waals surface area contributed by atoms with E-state index < -0.39 is 0 Å². The minimum atomic E-state index is -0.0133. The Morgan fingerprint density at radius 3 is 2.46 bits per heavy atom. The molecule has 2 aromatic carbocycles. The molecule has 0 radical (unpaired) electrons. The molecule has 0 bridgehead atoms. The second-order valence-electron chi connectivity index (χ2n) is 6.74. The lowest BCUT2D eigenvalue weighted by atomic mass is 10.2. The van der Waals surface area contributed by atoms with Gasteiger partial charge in [-0.1, -0.05) is 36.4 Å². The van der Waals surface area contributed by atoms with Crippen LogP contribution in [0.1, 0.15) is 12.5 Å². The summed E-state index contributed by atoms with van der Waals surface area (Å²) in [5.41, 5.74) is 3.28. The maximum Gasteiger partial charge on any atom is 0.321 e. The van der Waals surface area contributed by atoms with Crippen molar-refractivity contribution >= 4 is 17.4 Å². The van der Waals surface area contributed by atoms with Crippen LogP contribution in [-0.4, -0.2) is 55.6 Å². The van der Waals surface area contributed by atoms with E-state index in [0.29, 0.717) is 0 Å². The molecule has 5 heteroatoms. The Morgan fingerprint density at radius 2 is 1.77 bits per heavy atom. The van der Waals surface area contributed by atoms with Crippen LogP contribution in [0.15, 0.2) is 54.6 Å². The van der Waals surface area contributed by atoms with Gasteiger partial charge in [0.05, 0.1) is 0 Å². The van der Waals surface area contributed by atoms with E-state index in [0.717, 1.165) is 50.6 Å². The molecule has 0 atom stereocenters. The first-order valence-corrected chi connectivity index (χ1v) is 9.29. The van der Waals surface area contributed by atoms with Crippen molar-refractivity contribution in [3.8, 4) is 0 Å². The molecule has 138 valence electrons. The molecule has 1 saturated heterocycles. The standard InChI is InChI=1S/C21H28N4O/c1-3-23(2)20-11-7-10-19(16-20)22-21(26)25-14-12-24(13-15-25)17-18-8-5-4-6-9-18/h4-11,16H,3,12-15,17H2,1-2H3,(H,22,26). The van der Waals surface area contributed by atoms with Gasteiger partial charge in [-0.25, -0.2) is 4.79 Å². The minimum Gasteiger partial charge on any atom is -0.375 e. The third kappa shape index (κ3) is 4.76. The first-order valence-electron chi connectivity index (χ1n) is 9.29. The Labute approximate surface area is 156 Å². The van der Waals surface area contributed by atoms with Crippen LogP contribution in [0, 0.1) is 0 Å². The van der Waals surface area contributed by atoms with Gasteiger partial charge in [0.25, 0.3) is 0 Å². The van der Waals surface area contributed by atoms with Gasteiger partial charge < -0.3 is 15.1 Å². The maximum atomic E-state index is 12.6. The van der Waals surface area contributed by atoms with Crippen molar-refractivity contribution in [1.29, 1.82) is 0 Å². The lowest BCUT2D eigenvalue weighted by Gasteiger charge is -2.34. The number of carbonyl (C=O) groups is 1. The van der Waals surface area contributed by atoms with Gasteiger partial charge >= 0.3 is 6.03 Å². The van der Waals surface area contributed by atoms with Gasteiger partial charge in [-0.15, -0.1) is 0 Å². The van der Waals surface area contributed by atoms with Crippen molar-refractivity contribution in [3.63, 3.8) is 0 Å². The van der Waals surface area contributed by atoms with E-state index in [4.69, 9.17) is 0 Å². The first-order chi connectivity index (χ1) is 12.7. The number of benzene rings is 2. The highest BCUT2D eigenvalue weighted by molar-refractivity contribution is 5.90. The van der Waals surface area contributed by atoms with Crippen molar-refractivity contribution in [3.05, 3.63) is 60.2 Å². The van der Waals surface area contributed by atoms with Crippen LogP contribution in [0.25, 0.3) is 0 Å². The number of hydrogen-bond donors (Lipinski definition) is 1. The molecule has 0 aliphatic carbocycles.